The van der Waals surface area contributed by atoms with Crippen LogP contribution in [0.2, 0.25) is 0 Å². The second kappa shape index (κ2) is 6.07. The van der Waals surface area contributed by atoms with Crippen molar-refractivity contribution in [2.45, 2.75) is 25.7 Å². The van der Waals surface area contributed by atoms with Crippen LogP contribution in [0, 0.1) is 3.57 Å². The van der Waals surface area contributed by atoms with Gasteiger partial charge >= 0.3 is 0 Å². The SMILES string of the molecule is CC1(C)OCC(CNC(=O)c2cc(I)ccc2Br)O1. The third-order valence-corrected chi connectivity index (χ3v) is 4.09. The third kappa shape index (κ3) is 4.14. The molecule has 104 valence electrons. The first-order valence-corrected chi connectivity index (χ1v) is 7.79. The van der Waals surface area contributed by atoms with Crippen molar-refractivity contribution in [1.82, 2.24) is 5.32 Å². The van der Waals surface area contributed by atoms with Crippen LogP contribution >= 0.6 is 38.5 Å². The largest absolute Gasteiger partial charge is 0.349 e. The molecule has 1 atom stereocenters. The van der Waals surface area contributed by atoms with Gasteiger partial charge in [-0.05, 0) is 70.6 Å². The molecule has 0 saturated carbocycles. The number of nitrogens with one attached hydrogen (secondary N) is 1. The minimum Gasteiger partial charge on any atom is -0.349 e. The molecule has 0 aliphatic carbocycles. The normalized spacial score (nSPS) is 21.4. The van der Waals surface area contributed by atoms with E-state index in [1.54, 1.807) is 0 Å². The summed E-state index contributed by atoms with van der Waals surface area (Å²) in [5, 5.41) is 2.87. The first-order valence-electron chi connectivity index (χ1n) is 5.92. The highest BCUT2D eigenvalue weighted by molar-refractivity contribution is 14.1. The second-order valence-corrected chi connectivity index (χ2v) is 6.88. The van der Waals surface area contributed by atoms with Gasteiger partial charge in [0, 0.05) is 14.6 Å². The average molecular weight is 440 g/mol. The van der Waals surface area contributed by atoms with E-state index >= 15 is 0 Å². The van der Waals surface area contributed by atoms with Gasteiger partial charge in [-0.1, -0.05) is 0 Å². The van der Waals surface area contributed by atoms with E-state index in [0.29, 0.717) is 18.7 Å². The van der Waals surface area contributed by atoms with Crippen LogP contribution in [-0.4, -0.2) is 30.9 Å². The Bertz CT molecular complexity index is 493. The van der Waals surface area contributed by atoms with Gasteiger partial charge in [0.1, 0.15) is 6.10 Å². The highest BCUT2D eigenvalue weighted by Crippen LogP contribution is 2.22. The van der Waals surface area contributed by atoms with Gasteiger partial charge < -0.3 is 14.8 Å². The zero-order chi connectivity index (χ0) is 14.0. The minimum atomic E-state index is -0.557. The zero-order valence-corrected chi connectivity index (χ0v) is 14.4. The fraction of sp³-hybridized carbons (Fsp3) is 0.462. The van der Waals surface area contributed by atoms with Crippen molar-refractivity contribution in [3.63, 3.8) is 0 Å². The molecule has 0 radical (unpaired) electrons. The Morgan fingerprint density at radius 3 is 2.95 bits per heavy atom. The predicted molar refractivity (Wildman–Crippen MR) is 84.1 cm³/mol. The van der Waals surface area contributed by atoms with Crippen molar-refractivity contribution in [1.29, 1.82) is 0 Å². The summed E-state index contributed by atoms with van der Waals surface area (Å²) >= 11 is 5.56. The molecule has 1 unspecified atom stereocenters. The van der Waals surface area contributed by atoms with Gasteiger partial charge in [0.25, 0.3) is 5.91 Å². The number of halogens is 2. The molecule has 1 aliphatic rings. The van der Waals surface area contributed by atoms with E-state index in [2.05, 4.69) is 43.8 Å². The maximum absolute atomic E-state index is 12.1. The number of carbonyl (C=O) groups is 1. The van der Waals surface area contributed by atoms with Crippen LogP contribution in [0.1, 0.15) is 24.2 Å². The predicted octanol–water partition coefficient (Wildman–Crippen LogP) is 2.94. The van der Waals surface area contributed by atoms with Crippen LogP contribution in [0.3, 0.4) is 0 Å². The molecule has 1 N–H and O–H groups in total. The molecule has 6 heteroatoms. The Hall–Kier alpha value is -0.180. The zero-order valence-electron chi connectivity index (χ0n) is 10.7. The summed E-state index contributed by atoms with van der Waals surface area (Å²) in [6.07, 6.45) is -0.0968. The quantitative estimate of drug-likeness (QED) is 0.736. The van der Waals surface area contributed by atoms with E-state index in [9.17, 15) is 4.79 Å². The van der Waals surface area contributed by atoms with Crippen molar-refractivity contribution in [3.8, 4) is 0 Å². The van der Waals surface area contributed by atoms with Crippen molar-refractivity contribution >= 4 is 44.4 Å². The lowest BCUT2D eigenvalue weighted by Crippen LogP contribution is -2.34. The highest BCUT2D eigenvalue weighted by Gasteiger charge is 2.32. The number of carbonyl (C=O) groups excluding carboxylic acids is 1. The summed E-state index contributed by atoms with van der Waals surface area (Å²) in [4.78, 5) is 12.1. The average Bonchev–Trinajstić information content (AvgIpc) is 2.69. The Balaban J connectivity index is 1.93. The van der Waals surface area contributed by atoms with Crippen LogP contribution in [0.4, 0.5) is 0 Å². The van der Waals surface area contributed by atoms with Gasteiger partial charge in [-0.3, -0.25) is 4.79 Å². The topological polar surface area (TPSA) is 47.6 Å². The van der Waals surface area contributed by atoms with E-state index in [1.165, 1.54) is 0 Å². The Morgan fingerprint density at radius 1 is 1.58 bits per heavy atom. The van der Waals surface area contributed by atoms with Gasteiger partial charge in [-0.2, -0.15) is 0 Å². The molecular weight excluding hydrogens is 425 g/mol. The monoisotopic (exact) mass is 439 g/mol. The van der Waals surface area contributed by atoms with Gasteiger partial charge in [0.2, 0.25) is 0 Å². The van der Waals surface area contributed by atoms with Gasteiger partial charge in [0.05, 0.1) is 12.2 Å². The molecule has 0 spiro atoms. The first kappa shape index (κ1) is 15.2. The smallest absolute Gasteiger partial charge is 0.252 e. The molecule has 0 aromatic heterocycles. The molecule has 19 heavy (non-hydrogen) atoms. The van der Waals surface area contributed by atoms with Gasteiger partial charge in [0.15, 0.2) is 5.79 Å². The standard InChI is InChI=1S/C13H15BrINO3/c1-13(2)18-7-9(19-13)6-16-12(17)10-5-8(15)3-4-11(10)14/h3-5,9H,6-7H2,1-2H3,(H,16,17). The van der Waals surface area contributed by atoms with Crippen LogP contribution in [0.15, 0.2) is 22.7 Å². The molecule has 1 aromatic carbocycles. The number of ether oxygens (including phenoxy) is 2. The Morgan fingerprint density at radius 2 is 2.32 bits per heavy atom. The number of rotatable bonds is 3. The molecule has 1 aliphatic heterocycles. The maximum atomic E-state index is 12.1. The number of amides is 1. The molecule has 2 rings (SSSR count). The second-order valence-electron chi connectivity index (χ2n) is 4.78. The van der Waals surface area contributed by atoms with Gasteiger partial charge in [-0.25, -0.2) is 0 Å². The molecule has 1 fully saturated rings. The summed E-state index contributed by atoms with van der Waals surface area (Å²) < 4.78 is 12.9. The summed E-state index contributed by atoms with van der Waals surface area (Å²) in [5.74, 6) is -0.670. The number of hydrogen-bond donors (Lipinski definition) is 1. The highest BCUT2D eigenvalue weighted by atomic mass is 127. The molecule has 1 amide bonds. The minimum absolute atomic E-state index is 0.0968. The summed E-state index contributed by atoms with van der Waals surface area (Å²) in [6.45, 7) is 4.68. The lowest BCUT2D eigenvalue weighted by Gasteiger charge is -2.17. The lowest BCUT2D eigenvalue weighted by atomic mass is 10.2. The molecule has 0 bridgehead atoms. The van der Waals surface area contributed by atoms with Crippen LogP contribution in [0.5, 0.6) is 0 Å². The van der Waals surface area contributed by atoms with Gasteiger partial charge in [-0.15, -0.1) is 0 Å². The molecule has 1 heterocycles. The summed E-state index contributed by atoms with van der Waals surface area (Å²) in [5.41, 5.74) is 0.630. The Kier molecular flexibility index (Phi) is 4.86. The fourth-order valence-electron chi connectivity index (χ4n) is 1.84. The van der Waals surface area contributed by atoms with E-state index in [4.69, 9.17) is 9.47 Å². The molecule has 1 saturated heterocycles. The number of benzene rings is 1. The summed E-state index contributed by atoms with van der Waals surface area (Å²) in [7, 11) is 0. The van der Waals surface area contributed by atoms with E-state index in [0.717, 1.165) is 8.04 Å². The first-order chi connectivity index (χ1) is 8.87. The number of hydrogen-bond acceptors (Lipinski definition) is 3. The van der Waals surface area contributed by atoms with Crippen LogP contribution < -0.4 is 5.32 Å². The maximum Gasteiger partial charge on any atom is 0.252 e. The molecule has 1 aromatic rings. The van der Waals surface area contributed by atoms with Crippen molar-refractivity contribution < 1.29 is 14.3 Å². The summed E-state index contributed by atoms with van der Waals surface area (Å²) in [6, 6.07) is 5.66. The van der Waals surface area contributed by atoms with Crippen molar-refractivity contribution in [2.24, 2.45) is 0 Å². The Labute approximate surface area is 134 Å². The molecular formula is C13H15BrINO3. The van der Waals surface area contributed by atoms with Crippen molar-refractivity contribution in [2.75, 3.05) is 13.2 Å². The lowest BCUT2D eigenvalue weighted by molar-refractivity contribution is -0.137. The van der Waals surface area contributed by atoms with E-state index < -0.39 is 5.79 Å². The van der Waals surface area contributed by atoms with Crippen LogP contribution in [-0.2, 0) is 9.47 Å². The van der Waals surface area contributed by atoms with E-state index in [1.807, 2.05) is 32.0 Å². The van der Waals surface area contributed by atoms with E-state index in [-0.39, 0.29) is 12.0 Å². The van der Waals surface area contributed by atoms with Crippen LogP contribution in [0.25, 0.3) is 0 Å². The third-order valence-electron chi connectivity index (χ3n) is 2.73. The molecule has 4 nitrogen and oxygen atoms in total. The van der Waals surface area contributed by atoms with Crippen molar-refractivity contribution in [3.05, 3.63) is 31.8 Å². The fourth-order valence-corrected chi connectivity index (χ4v) is 2.75.